The number of halogens is 1. The van der Waals surface area contributed by atoms with Crippen molar-refractivity contribution in [3.05, 3.63) is 52.0 Å². The summed E-state index contributed by atoms with van der Waals surface area (Å²) in [4.78, 5) is 0. The molecule has 2 rings (SSSR count). The number of hydrogen-bond acceptors (Lipinski definition) is 3. The van der Waals surface area contributed by atoms with Crippen LogP contribution in [-0.4, -0.2) is 21.3 Å². The predicted molar refractivity (Wildman–Crippen MR) is 89.2 cm³/mol. The van der Waals surface area contributed by atoms with Gasteiger partial charge in [-0.1, -0.05) is 24.3 Å². The number of methoxy groups -OCH3 is 3. The predicted octanol–water partition coefficient (Wildman–Crippen LogP) is 4.65. The quantitative estimate of drug-likeness (QED) is 0.736. The van der Waals surface area contributed by atoms with Crippen LogP contribution in [0.1, 0.15) is 11.1 Å². The first-order valence-corrected chi connectivity index (χ1v) is 7.21. The number of ether oxygens (including phenoxy) is 3. The molecule has 0 saturated heterocycles. The molecule has 0 heterocycles. The maximum Gasteiger partial charge on any atom is 0.137 e. The van der Waals surface area contributed by atoms with Gasteiger partial charge in [-0.15, -0.1) is 0 Å². The average molecular weight is 349 g/mol. The van der Waals surface area contributed by atoms with Crippen LogP contribution in [-0.2, 0) is 0 Å². The van der Waals surface area contributed by atoms with Gasteiger partial charge >= 0.3 is 0 Å². The molecule has 0 saturated carbocycles. The fourth-order valence-corrected chi connectivity index (χ4v) is 2.40. The Morgan fingerprint density at radius 2 is 1.48 bits per heavy atom. The first-order chi connectivity index (χ1) is 10.2. The third-order valence-corrected chi connectivity index (χ3v) is 3.92. The molecule has 0 unspecified atom stereocenters. The summed E-state index contributed by atoms with van der Waals surface area (Å²) in [6.45, 7) is 0. The Morgan fingerprint density at radius 1 is 0.810 bits per heavy atom. The molecule has 0 amide bonds. The monoisotopic (exact) mass is 348 g/mol. The van der Waals surface area contributed by atoms with Crippen LogP contribution >= 0.6 is 15.9 Å². The van der Waals surface area contributed by atoms with Crippen molar-refractivity contribution in [2.45, 2.75) is 0 Å². The Hall–Kier alpha value is -1.94. The molecule has 21 heavy (non-hydrogen) atoms. The molecule has 4 heteroatoms. The minimum Gasteiger partial charge on any atom is -0.497 e. The standard InChI is InChI=1S/C17H17BrO3/c1-19-14-8-5-12(6-9-14)4-7-13-10-15(20-2)11-16(21-3)17(13)18/h4-11H,1-3H3. The van der Waals surface area contributed by atoms with E-state index in [-0.39, 0.29) is 0 Å². The SMILES string of the molecule is COc1ccc(C=Cc2cc(OC)cc(OC)c2Br)cc1. The molecular formula is C17H17BrO3. The van der Waals surface area contributed by atoms with E-state index in [0.717, 1.165) is 32.8 Å². The lowest BCUT2D eigenvalue weighted by molar-refractivity contribution is 0.392. The van der Waals surface area contributed by atoms with Gasteiger partial charge in [0.1, 0.15) is 17.2 Å². The number of hydrogen-bond donors (Lipinski definition) is 0. The highest BCUT2D eigenvalue weighted by atomic mass is 79.9. The van der Waals surface area contributed by atoms with Crippen molar-refractivity contribution >= 4 is 28.1 Å². The van der Waals surface area contributed by atoms with E-state index in [1.54, 1.807) is 21.3 Å². The van der Waals surface area contributed by atoms with Crippen molar-refractivity contribution in [2.24, 2.45) is 0 Å². The summed E-state index contributed by atoms with van der Waals surface area (Å²) in [6, 6.07) is 11.7. The van der Waals surface area contributed by atoms with Gasteiger partial charge in [-0.2, -0.15) is 0 Å². The number of rotatable bonds is 5. The van der Waals surface area contributed by atoms with Crippen LogP contribution in [0.25, 0.3) is 12.2 Å². The van der Waals surface area contributed by atoms with Crippen LogP contribution in [0, 0.1) is 0 Å². The van der Waals surface area contributed by atoms with Gasteiger partial charge in [0.25, 0.3) is 0 Å². The summed E-state index contributed by atoms with van der Waals surface area (Å²) in [5.41, 5.74) is 2.08. The Kier molecular flexibility index (Phi) is 5.28. The van der Waals surface area contributed by atoms with E-state index < -0.39 is 0 Å². The van der Waals surface area contributed by atoms with Crippen LogP contribution < -0.4 is 14.2 Å². The van der Waals surface area contributed by atoms with Crippen molar-refractivity contribution in [1.29, 1.82) is 0 Å². The summed E-state index contributed by atoms with van der Waals surface area (Å²) in [7, 11) is 4.93. The Bertz CT molecular complexity index is 633. The first-order valence-electron chi connectivity index (χ1n) is 6.41. The molecule has 110 valence electrons. The molecule has 0 aliphatic carbocycles. The second kappa shape index (κ2) is 7.18. The second-order valence-electron chi connectivity index (χ2n) is 4.34. The van der Waals surface area contributed by atoms with Crippen LogP contribution in [0.4, 0.5) is 0 Å². The van der Waals surface area contributed by atoms with Gasteiger partial charge < -0.3 is 14.2 Å². The average Bonchev–Trinajstić information content (AvgIpc) is 2.54. The van der Waals surface area contributed by atoms with Crippen molar-refractivity contribution in [3.63, 3.8) is 0 Å². The third kappa shape index (κ3) is 3.79. The minimum atomic E-state index is 0.740. The van der Waals surface area contributed by atoms with Crippen molar-refractivity contribution < 1.29 is 14.2 Å². The lowest BCUT2D eigenvalue weighted by Crippen LogP contribution is -1.90. The minimum absolute atomic E-state index is 0.740. The van der Waals surface area contributed by atoms with E-state index in [9.17, 15) is 0 Å². The Balaban J connectivity index is 2.30. The van der Waals surface area contributed by atoms with Crippen LogP contribution in [0.15, 0.2) is 40.9 Å². The van der Waals surface area contributed by atoms with Gasteiger partial charge in [-0.25, -0.2) is 0 Å². The molecule has 0 aliphatic rings. The highest BCUT2D eigenvalue weighted by Gasteiger charge is 2.07. The molecule has 0 spiro atoms. The molecule has 0 bridgehead atoms. The molecular weight excluding hydrogens is 332 g/mol. The van der Waals surface area contributed by atoms with Crippen molar-refractivity contribution in [2.75, 3.05) is 21.3 Å². The molecule has 0 aliphatic heterocycles. The zero-order chi connectivity index (χ0) is 15.2. The molecule has 0 fully saturated rings. The Morgan fingerprint density at radius 3 is 2.05 bits per heavy atom. The molecule has 0 aromatic heterocycles. The fourth-order valence-electron chi connectivity index (χ4n) is 1.88. The van der Waals surface area contributed by atoms with Crippen molar-refractivity contribution in [1.82, 2.24) is 0 Å². The second-order valence-corrected chi connectivity index (χ2v) is 5.13. The van der Waals surface area contributed by atoms with E-state index >= 15 is 0 Å². The smallest absolute Gasteiger partial charge is 0.137 e. The van der Waals surface area contributed by atoms with Gasteiger partial charge in [0, 0.05) is 6.07 Å². The summed E-state index contributed by atoms with van der Waals surface area (Å²) in [6.07, 6.45) is 4.04. The lowest BCUT2D eigenvalue weighted by Gasteiger charge is -2.09. The van der Waals surface area contributed by atoms with Crippen LogP contribution in [0.2, 0.25) is 0 Å². The molecule has 0 radical (unpaired) electrons. The van der Waals surface area contributed by atoms with E-state index in [1.165, 1.54) is 0 Å². The van der Waals surface area contributed by atoms with Gasteiger partial charge in [0.15, 0.2) is 0 Å². The first kappa shape index (κ1) is 15.4. The van der Waals surface area contributed by atoms with Crippen LogP contribution in [0.3, 0.4) is 0 Å². The zero-order valence-corrected chi connectivity index (χ0v) is 13.8. The van der Waals surface area contributed by atoms with Gasteiger partial charge in [-0.05, 0) is 45.3 Å². The van der Waals surface area contributed by atoms with E-state index in [1.807, 2.05) is 48.6 Å². The van der Waals surface area contributed by atoms with E-state index in [4.69, 9.17) is 14.2 Å². The van der Waals surface area contributed by atoms with Gasteiger partial charge in [0.05, 0.1) is 25.8 Å². The van der Waals surface area contributed by atoms with E-state index in [2.05, 4.69) is 15.9 Å². The Labute approximate surface area is 133 Å². The number of benzene rings is 2. The maximum atomic E-state index is 5.33. The fraction of sp³-hybridized carbons (Fsp3) is 0.176. The normalized spacial score (nSPS) is 10.7. The third-order valence-electron chi connectivity index (χ3n) is 3.07. The summed E-state index contributed by atoms with van der Waals surface area (Å²) < 4.78 is 16.7. The topological polar surface area (TPSA) is 27.7 Å². The molecule has 2 aromatic rings. The van der Waals surface area contributed by atoms with E-state index in [0.29, 0.717) is 0 Å². The lowest BCUT2D eigenvalue weighted by atomic mass is 10.1. The zero-order valence-electron chi connectivity index (χ0n) is 12.2. The maximum absolute atomic E-state index is 5.33. The largest absolute Gasteiger partial charge is 0.497 e. The molecule has 0 N–H and O–H groups in total. The molecule has 0 atom stereocenters. The van der Waals surface area contributed by atoms with Gasteiger partial charge in [0.2, 0.25) is 0 Å². The summed E-state index contributed by atoms with van der Waals surface area (Å²) in [5, 5.41) is 0. The molecule has 3 nitrogen and oxygen atoms in total. The van der Waals surface area contributed by atoms with Crippen LogP contribution in [0.5, 0.6) is 17.2 Å². The summed E-state index contributed by atoms with van der Waals surface area (Å²) >= 11 is 3.55. The van der Waals surface area contributed by atoms with Gasteiger partial charge in [-0.3, -0.25) is 0 Å². The van der Waals surface area contributed by atoms with Crippen molar-refractivity contribution in [3.8, 4) is 17.2 Å². The highest BCUT2D eigenvalue weighted by molar-refractivity contribution is 9.10. The summed E-state index contributed by atoms with van der Waals surface area (Å²) in [5.74, 6) is 2.34. The molecule has 2 aromatic carbocycles. The highest BCUT2D eigenvalue weighted by Crippen LogP contribution is 2.34.